The standard InChI is InChI=1S/C22H19ClN4O4S/c1-13-17-20(28)25-19(26-21(17)32-18(13)22(29)31-9-8-30-2)16(23)10-14-11-24-27(12-14)15-6-4-3-5-7-15/h3-7,10-12H,8-9H2,1-2H3,(H,25,26,28)/b16-10-. The average molecular weight is 471 g/mol. The summed E-state index contributed by atoms with van der Waals surface area (Å²) in [6.45, 7) is 2.11. The fraction of sp³-hybridized carbons (Fsp3) is 0.182. The SMILES string of the molecule is COCCOC(=O)c1sc2nc(/C(Cl)=C/c3cnn(-c4ccccc4)c3)[nH]c(=O)c2c1C. The van der Waals surface area contributed by atoms with E-state index in [0.717, 1.165) is 22.6 Å². The van der Waals surface area contributed by atoms with E-state index in [1.54, 1.807) is 23.9 Å². The first kappa shape index (κ1) is 21.9. The maximum atomic E-state index is 12.7. The molecule has 1 aromatic carbocycles. The van der Waals surface area contributed by atoms with Gasteiger partial charge in [0.2, 0.25) is 0 Å². The van der Waals surface area contributed by atoms with Crippen LogP contribution in [0.3, 0.4) is 0 Å². The van der Waals surface area contributed by atoms with Crippen LogP contribution in [0, 0.1) is 6.92 Å². The fourth-order valence-corrected chi connectivity index (χ4v) is 4.37. The van der Waals surface area contributed by atoms with Gasteiger partial charge in [0.05, 0.1) is 28.9 Å². The van der Waals surface area contributed by atoms with Gasteiger partial charge in [0, 0.05) is 18.9 Å². The number of methoxy groups -OCH3 is 1. The summed E-state index contributed by atoms with van der Waals surface area (Å²) >= 11 is 7.55. The molecule has 0 aliphatic heterocycles. The molecule has 8 nitrogen and oxygen atoms in total. The van der Waals surface area contributed by atoms with Gasteiger partial charge in [0.15, 0.2) is 5.82 Å². The molecule has 1 N–H and O–H groups in total. The number of carbonyl (C=O) groups is 1. The number of benzene rings is 1. The lowest BCUT2D eigenvalue weighted by molar-refractivity contribution is 0.0393. The number of esters is 1. The van der Waals surface area contributed by atoms with Crippen molar-refractivity contribution in [3.8, 4) is 5.69 Å². The normalized spacial score (nSPS) is 11.8. The van der Waals surface area contributed by atoms with Crippen LogP contribution < -0.4 is 5.56 Å². The number of fused-ring (bicyclic) bond motifs is 1. The lowest BCUT2D eigenvalue weighted by Crippen LogP contribution is -2.11. The second-order valence-corrected chi connectivity index (χ2v) is 8.23. The molecule has 0 aliphatic rings. The zero-order valence-electron chi connectivity index (χ0n) is 17.3. The van der Waals surface area contributed by atoms with Crippen LogP contribution in [0.1, 0.15) is 26.6 Å². The first-order chi connectivity index (χ1) is 15.5. The van der Waals surface area contributed by atoms with Crippen molar-refractivity contribution >= 4 is 50.2 Å². The van der Waals surface area contributed by atoms with Crippen LogP contribution in [0.2, 0.25) is 0 Å². The molecule has 3 heterocycles. The van der Waals surface area contributed by atoms with Crippen LogP contribution >= 0.6 is 22.9 Å². The van der Waals surface area contributed by atoms with Crippen LogP contribution in [-0.2, 0) is 9.47 Å². The smallest absolute Gasteiger partial charge is 0.348 e. The van der Waals surface area contributed by atoms with Gasteiger partial charge in [-0.3, -0.25) is 4.79 Å². The number of aryl methyl sites for hydroxylation is 1. The van der Waals surface area contributed by atoms with Crippen molar-refractivity contribution in [2.45, 2.75) is 6.92 Å². The van der Waals surface area contributed by atoms with Gasteiger partial charge in [-0.2, -0.15) is 5.10 Å². The summed E-state index contributed by atoms with van der Waals surface area (Å²) in [7, 11) is 1.52. The second-order valence-electron chi connectivity index (χ2n) is 6.83. The van der Waals surface area contributed by atoms with Gasteiger partial charge < -0.3 is 14.5 Å². The minimum absolute atomic E-state index is 0.128. The Labute approximate surface area is 192 Å². The first-order valence-corrected chi connectivity index (χ1v) is 10.8. The number of nitrogens with zero attached hydrogens (tertiary/aromatic N) is 3. The number of thiophene rings is 1. The van der Waals surface area contributed by atoms with Crippen molar-refractivity contribution in [2.75, 3.05) is 20.3 Å². The number of halogens is 1. The Morgan fingerprint density at radius 1 is 1.28 bits per heavy atom. The zero-order chi connectivity index (χ0) is 22.7. The topological polar surface area (TPSA) is 99.1 Å². The van der Waals surface area contributed by atoms with E-state index in [0.29, 0.717) is 27.3 Å². The highest BCUT2D eigenvalue weighted by atomic mass is 35.5. The van der Waals surface area contributed by atoms with E-state index in [-0.39, 0.29) is 23.0 Å². The van der Waals surface area contributed by atoms with Crippen LogP contribution in [0.4, 0.5) is 0 Å². The van der Waals surface area contributed by atoms with Crippen LogP contribution in [-0.4, -0.2) is 46.0 Å². The monoisotopic (exact) mass is 470 g/mol. The number of aromatic amines is 1. The van der Waals surface area contributed by atoms with Crippen LogP contribution in [0.15, 0.2) is 47.5 Å². The van der Waals surface area contributed by atoms with Gasteiger partial charge in [-0.25, -0.2) is 14.5 Å². The summed E-state index contributed by atoms with van der Waals surface area (Å²) in [5, 5.41) is 4.92. The average Bonchev–Trinajstić information content (AvgIpc) is 3.39. The Kier molecular flexibility index (Phi) is 6.50. The summed E-state index contributed by atoms with van der Waals surface area (Å²) < 4.78 is 11.8. The molecule has 32 heavy (non-hydrogen) atoms. The van der Waals surface area contributed by atoms with Crippen LogP contribution in [0.25, 0.3) is 27.0 Å². The summed E-state index contributed by atoms with van der Waals surface area (Å²) in [5.41, 5.74) is 1.81. The Morgan fingerprint density at radius 3 is 2.81 bits per heavy atom. The minimum Gasteiger partial charge on any atom is -0.459 e. The van der Waals surface area contributed by atoms with Crippen molar-refractivity contribution in [3.05, 3.63) is 74.9 Å². The first-order valence-electron chi connectivity index (χ1n) is 9.65. The number of para-hydroxylation sites is 1. The third kappa shape index (κ3) is 4.50. The second kappa shape index (κ2) is 9.47. The molecule has 164 valence electrons. The van der Waals surface area contributed by atoms with Crippen molar-refractivity contribution in [2.24, 2.45) is 0 Å². The molecule has 3 aromatic heterocycles. The molecule has 0 unspecified atom stereocenters. The molecule has 0 spiro atoms. The summed E-state index contributed by atoms with van der Waals surface area (Å²) in [5.74, 6) is -0.310. The number of nitrogens with one attached hydrogen (secondary N) is 1. The maximum absolute atomic E-state index is 12.7. The van der Waals surface area contributed by atoms with Gasteiger partial charge in [-0.05, 0) is 30.7 Å². The molecule has 0 saturated heterocycles. The Bertz CT molecular complexity index is 1360. The lowest BCUT2D eigenvalue weighted by atomic mass is 10.2. The number of ether oxygens (including phenoxy) is 2. The number of rotatable bonds is 7. The highest BCUT2D eigenvalue weighted by Crippen LogP contribution is 2.29. The summed E-state index contributed by atoms with van der Waals surface area (Å²) in [4.78, 5) is 32.9. The van der Waals surface area contributed by atoms with Gasteiger partial charge in [0.25, 0.3) is 5.56 Å². The maximum Gasteiger partial charge on any atom is 0.348 e. The van der Waals surface area contributed by atoms with E-state index in [1.165, 1.54) is 7.11 Å². The summed E-state index contributed by atoms with van der Waals surface area (Å²) in [6.07, 6.45) is 5.14. The summed E-state index contributed by atoms with van der Waals surface area (Å²) in [6, 6.07) is 9.65. The quantitative estimate of drug-likeness (QED) is 0.323. The molecule has 0 radical (unpaired) electrons. The van der Waals surface area contributed by atoms with E-state index in [9.17, 15) is 9.59 Å². The molecule has 0 fully saturated rings. The number of H-pyrrole nitrogens is 1. The van der Waals surface area contributed by atoms with Crippen molar-refractivity contribution in [3.63, 3.8) is 0 Å². The Hall–Kier alpha value is -3.27. The lowest BCUT2D eigenvalue weighted by Gasteiger charge is -2.02. The number of hydrogen-bond donors (Lipinski definition) is 1. The highest BCUT2D eigenvalue weighted by molar-refractivity contribution is 7.20. The highest BCUT2D eigenvalue weighted by Gasteiger charge is 2.21. The van der Waals surface area contributed by atoms with E-state index < -0.39 is 5.97 Å². The van der Waals surface area contributed by atoms with Gasteiger partial charge in [-0.15, -0.1) is 11.3 Å². The van der Waals surface area contributed by atoms with E-state index in [4.69, 9.17) is 21.1 Å². The molecule has 4 rings (SSSR count). The third-order valence-corrected chi connectivity index (χ3v) is 6.10. The van der Waals surface area contributed by atoms with Crippen molar-refractivity contribution in [1.29, 1.82) is 0 Å². The molecule has 0 atom stereocenters. The number of aromatic nitrogens is 4. The molecular weight excluding hydrogens is 452 g/mol. The third-order valence-electron chi connectivity index (χ3n) is 4.65. The Morgan fingerprint density at radius 2 is 2.06 bits per heavy atom. The van der Waals surface area contributed by atoms with Crippen LogP contribution in [0.5, 0.6) is 0 Å². The van der Waals surface area contributed by atoms with Gasteiger partial charge >= 0.3 is 5.97 Å². The zero-order valence-corrected chi connectivity index (χ0v) is 18.9. The van der Waals surface area contributed by atoms with E-state index in [1.807, 2.05) is 36.5 Å². The molecule has 10 heteroatoms. The van der Waals surface area contributed by atoms with E-state index in [2.05, 4.69) is 15.1 Å². The fourth-order valence-electron chi connectivity index (χ4n) is 3.08. The predicted molar refractivity (Wildman–Crippen MR) is 124 cm³/mol. The number of carbonyl (C=O) groups excluding carboxylic acids is 1. The molecular formula is C22H19ClN4O4S. The van der Waals surface area contributed by atoms with Crippen molar-refractivity contribution < 1.29 is 14.3 Å². The molecule has 0 aliphatic carbocycles. The number of hydrogen-bond acceptors (Lipinski definition) is 7. The predicted octanol–water partition coefficient (Wildman–Crippen LogP) is 4.02. The molecule has 4 aromatic rings. The molecule has 0 amide bonds. The molecule has 0 saturated carbocycles. The largest absolute Gasteiger partial charge is 0.459 e. The molecule has 0 bridgehead atoms. The van der Waals surface area contributed by atoms with Crippen molar-refractivity contribution in [1.82, 2.24) is 19.7 Å². The minimum atomic E-state index is -0.515. The van der Waals surface area contributed by atoms with E-state index >= 15 is 0 Å². The van der Waals surface area contributed by atoms with Gasteiger partial charge in [0.1, 0.15) is 16.3 Å². The van der Waals surface area contributed by atoms with Gasteiger partial charge in [-0.1, -0.05) is 29.8 Å². The Balaban J connectivity index is 1.64.